The van der Waals surface area contributed by atoms with E-state index in [1.807, 2.05) is 4.90 Å². The van der Waals surface area contributed by atoms with E-state index in [2.05, 4.69) is 10.3 Å². The quantitative estimate of drug-likeness (QED) is 0.578. The molecule has 8 heteroatoms. The van der Waals surface area contributed by atoms with Crippen LogP contribution in [0.15, 0.2) is 27.8 Å². The summed E-state index contributed by atoms with van der Waals surface area (Å²) in [6, 6.07) is 4.86. The van der Waals surface area contributed by atoms with Crippen molar-refractivity contribution in [1.29, 1.82) is 0 Å². The molecule has 2 aromatic rings. The molecule has 0 spiro atoms. The Hall–Kier alpha value is -2.90. The van der Waals surface area contributed by atoms with Gasteiger partial charge in [-0.05, 0) is 38.0 Å². The van der Waals surface area contributed by atoms with Gasteiger partial charge in [-0.1, -0.05) is 0 Å². The molecule has 26 heavy (non-hydrogen) atoms. The molecule has 3 rings (SSSR count). The van der Waals surface area contributed by atoms with Gasteiger partial charge in [-0.2, -0.15) is 0 Å². The van der Waals surface area contributed by atoms with Gasteiger partial charge in [0.25, 0.3) is 5.91 Å². The zero-order valence-electron chi connectivity index (χ0n) is 14.7. The maximum Gasteiger partial charge on any atom is 0.316 e. The molecule has 0 aliphatic carbocycles. The van der Waals surface area contributed by atoms with Crippen molar-refractivity contribution in [2.24, 2.45) is 0 Å². The molecule has 0 bridgehead atoms. The zero-order valence-corrected chi connectivity index (χ0v) is 14.7. The molecule has 0 saturated carbocycles. The summed E-state index contributed by atoms with van der Waals surface area (Å²) in [5.74, 6) is -0.0773. The average molecular weight is 358 g/mol. The minimum Gasteiger partial charge on any atom is -0.352 e. The van der Waals surface area contributed by atoms with Crippen LogP contribution in [0.3, 0.4) is 0 Å². The molecule has 1 saturated heterocycles. The highest BCUT2D eigenvalue weighted by atomic mass is 16.2. The van der Waals surface area contributed by atoms with Crippen LogP contribution in [0.2, 0.25) is 0 Å². The fraction of sp³-hybridized carbons (Fsp3) is 0.444. The van der Waals surface area contributed by atoms with Gasteiger partial charge in [0.2, 0.25) is 5.91 Å². The summed E-state index contributed by atoms with van der Waals surface area (Å²) in [5.41, 5.74) is 0.139. The van der Waals surface area contributed by atoms with E-state index >= 15 is 0 Å². The lowest BCUT2D eigenvalue weighted by Gasteiger charge is -2.15. The molecule has 1 aliphatic rings. The number of fused-ring (bicyclic) bond motifs is 1. The maximum atomic E-state index is 12.3. The second-order valence-corrected chi connectivity index (χ2v) is 6.33. The first kappa shape index (κ1) is 17.9. The topological polar surface area (TPSA) is 104 Å². The van der Waals surface area contributed by atoms with Crippen molar-refractivity contribution < 1.29 is 9.59 Å². The number of nitrogens with one attached hydrogen (secondary N) is 2. The van der Waals surface area contributed by atoms with E-state index in [9.17, 15) is 19.2 Å². The van der Waals surface area contributed by atoms with E-state index in [0.717, 1.165) is 13.0 Å². The fourth-order valence-corrected chi connectivity index (χ4v) is 3.25. The van der Waals surface area contributed by atoms with E-state index in [1.165, 1.54) is 4.57 Å². The van der Waals surface area contributed by atoms with Crippen LogP contribution in [0.4, 0.5) is 0 Å². The summed E-state index contributed by atoms with van der Waals surface area (Å²) in [5, 5.41) is 2.82. The maximum absolute atomic E-state index is 12.3. The van der Waals surface area contributed by atoms with Gasteiger partial charge in [-0.25, -0.2) is 0 Å². The Morgan fingerprint density at radius 3 is 2.77 bits per heavy atom. The summed E-state index contributed by atoms with van der Waals surface area (Å²) >= 11 is 0. The second-order valence-electron chi connectivity index (χ2n) is 6.33. The molecule has 0 radical (unpaired) electrons. The van der Waals surface area contributed by atoms with Crippen LogP contribution in [0, 0.1) is 0 Å². The third kappa shape index (κ3) is 3.54. The van der Waals surface area contributed by atoms with Gasteiger partial charge in [-0.15, -0.1) is 0 Å². The fourth-order valence-electron chi connectivity index (χ4n) is 3.25. The number of likely N-dealkylation sites (tertiary alicyclic amines) is 1. The van der Waals surface area contributed by atoms with E-state index in [4.69, 9.17) is 0 Å². The van der Waals surface area contributed by atoms with Crippen molar-refractivity contribution in [3.05, 3.63) is 44.5 Å². The summed E-state index contributed by atoms with van der Waals surface area (Å²) in [7, 11) is 0. The zero-order chi connectivity index (χ0) is 18.7. The Bertz CT molecular complexity index is 960. The normalized spacial score (nSPS) is 14.2. The third-order valence-corrected chi connectivity index (χ3v) is 4.62. The highest BCUT2D eigenvalue weighted by molar-refractivity contribution is 5.97. The number of carbonyl (C=O) groups excluding carboxylic acids is 2. The lowest BCUT2D eigenvalue weighted by molar-refractivity contribution is -0.127. The first-order valence-electron chi connectivity index (χ1n) is 8.84. The number of nitrogens with zero attached hydrogens (tertiary/aromatic N) is 2. The van der Waals surface area contributed by atoms with Crippen LogP contribution < -0.4 is 16.4 Å². The Balaban J connectivity index is 1.67. The van der Waals surface area contributed by atoms with Gasteiger partial charge < -0.3 is 19.8 Å². The van der Waals surface area contributed by atoms with E-state index < -0.39 is 11.1 Å². The lowest BCUT2D eigenvalue weighted by Crippen LogP contribution is -2.36. The minimum atomic E-state index is -0.702. The molecule has 1 aromatic carbocycles. The van der Waals surface area contributed by atoms with Gasteiger partial charge in [0.05, 0.1) is 11.0 Å². The van der Waals surface area contributed by atoms with Crippen molar-refractivity contribution >= 4 is 22.8 Å². The van der Waals surface area contributed by atoms with Crippen molar-refractivity contribution in [2.45, 2.75) is 32.7 Å². The number of aryl methyl sites for hydroxylation is 1. The Morgan fingerprint density at radius 1 is 1.27 bits per heavy atom. The number of aromatic nitrogens is 2. The van der Waals surface area contributed by atoms with Crippen LogP contribution in [-0.4, -0.2) is 45.9 Å². The monoisotopic (exact) mass is 358 g/mol. The molecule has 0 unspecified atom stereocenters. The number of benzene rings is 1. The van der Waals surface area contributed by atoms with Crippen LogP contribution in [0.25, 0.3) is 11.0 Å². The van der Waals surface area contributed by atoms with Gasteiger partial charge in [0, 0.05) is 38.2 Å². The summed E-state index contributed by atoms with van der Waals surface area (Å²) in [6.45, 7) is 4.06. The first-order valence-corrected chi connectivity index (χ1v) is 8.84. The van der Waals surface area contributed by atoms with Crippen LogP contribution in [0.5, 0.6) is 0 Å². The van der Waals surface area contributed by atoms with E-state index in [1.54, 1.807) is 25.1 Å². The molecule has 2 heterocycles. The summed E-state index contributed by atoms with van der Waals surface area (Å²) < 4.78 is 1.38. The predicted molar refractivity (Wildman–Crippen MR) is 97.3 cm³/mol. The molecule has 138 valence electrons. The molecule has 1 aromatic heterocycles. The van der Waals surface area contributed by atoms with Gasteiger partial charge in [0.15, 0.2) is 0 Å². The lowest BCUT2D eigenvalue weighted by atomic mass is 10.1. The number of hydrogen-bond donors (Lipinski definition) is 2. The molecular formula is C18H22N4O4. The number of carbonyl (C=O) groups is 2. The highest BCUT2D eigenvalue weighted by Crippen LogP contribution is 2.12. The number of hydrogen-bond acceptors (Lipinski definition) is 4. The molecule has 1 fully saturated rings. The van der Waals surface area contributed by atoms with E-state index in [-0.39, 0.29) is 11.8 Å². The summed E-state index contributed by atoms with van der Waals surface area (Å²) in [6.07, 6.45) is 2.21. The van der Waals surface area contributed by atoms with Gasteiger partial charge in [0.1, 0.15) is 0 Å². The van der Waals surface area contributed by atoms with Crippen LogP contribution >= 0.6 is 0 Å². The molecule has 1 aliphatic heterocycles. The number of rotatable bonds is 6. The summed E-state index contributed by atoms with van der Waals surface area (Å²) in [4.78, 5) is 51.8. The van der Waals surface area contributed by atoms with Crippen molar-refractivity contribution in [2.75, 3.05) is 19.6 Å². The SMILES string of the molecule is CCn1c(=O)c(=O)[nH]c2cc(C(=O)NCCCN3CCCC3=O)ccc21. The number of amides is 2. The standard InChI is InChI=1S/C18H22N4O4/c1-2-22-14-7-6-12(11-13(14)20-17(25)18(22)26)16(24)19-8-4-10-21-9-3-5-15(21)23/h6-7,11H,2-5,8-10H2,1H3,(H,19,24)(H,20,25). The Morgan fingerprint density at radius 2 is 2.08 bits per heavy atom. The van der Waals surface area contributed by atoms with Crippen LogP contribution in [-0.2, 0) is 11.3 Å². The number of H-pyrrole nitrogens is 1. The van der Waals surface area contributed by atoms with E-state index in [0.29, 0.717) is 49.1 Å². The largest absolute Gasteiger partial charge is 0.352 e. The Kier molecular flexibility index (Phi) is 5.20. The first-order chi connectivity index (χ1) is 12.5. The predicted octanol–water partition coefficient (Wildman–Crippen LogP) is 0.452. The molecule has 2 amide bonds. The molecule has 8 nitrogen and oxygen atoms in total. The van der Waals surface area contributed by atoms with Gasteiger partial charge in [-0.3, -0.25) is 19.2 Å². The molecule has 0 atom stereocenters. The Labute approximate surface area is 149 Å². The second kappa shape index (κ2) is 7.55. The molecule has 2 N–H and O–H groups in total. The smallest absolute Gasteiger partial charge is 0.316 e. The molecular weight excluding hydrogens is 336 g/mol. The highest BCUT2D eigenvalue weighted by Gasteiger charge is 2.19. The van der Waals surface area contributed by atoms with Crippen molar-refractivity contribution in [3.8, 4) is 0 Å². The number of aromatic amines is 1. The average Bonchev–Trinajstić information content (AvgIpc) is 3.04. The van der Waals surface area contributed by atoms with Crippen molar-refractivity contribution in [3.63, 3.8) is 0 Å². The third-order valence-electron chi connectivity index (χ3n) is 4.62. The van der Waals surface area contributed by atoms with Gasteiger partial charge >= 0.3 is 11.1 Å². The van der Waals surface area contributed by atoms with Crippen LogP contribution in [0.1, 0.15) is 36.5 Å². The van der Waals surface area contributed by atoms with Crippen molar-refractivity contribution in [1.82, 2.24) is 19.8 Å². The minimum absolute atomic E-state index is 0.178.